The van der Waals surface area contributed by atoms with Gasteiger partial charge in [0.25, 0.3) is 5.91 Å². The summed E-state index contributed by atoms with van der Waals surface area (Å²) in [5.74, 6) is -0.915. The first-order chi connectivity index (χ1) is 13.0. The van der Waals surface area contributed by atoms with Crippen molar-refractivity contribution >= 4 is 61.7 Å². The number of hydrogen-bond acceptors (Lipinski definition) is 6. The molecule has 0 aliphatic heterocycles. The summed E-state index contributed by atoms with van der Waals surface area (Å²) in [5, 5.41) is 13.4. The number of nitrogens with zero attached hydrogens (tertiary/aromatic N) is 2. The Labute approximate surface area is 170 Å². The number of anilines is 2. The summed E-state index contributed by atoms with van der Waals surface area (Å²) < 4.78 is 14.5. The van der Waals surface area contributed by atoms with Crippen LogP contribution >= 0.6 is 39.0 Å². The van der Waals surface area contributed by atoms with Gasteiger partial charge in [0.05, 0.1) is 5.75 Å². The highest BCUT2D eigenvalue weighted by atomic mass is 79.9. The Morgan fingerprint density at radius 3 is 2.63 bits per heavy atom. The van der Waals surface area contributed by atoms with Crippen molar-refractivity contribution in [3.8, 4) is 0 Å². The maximum atomic E-state index is 13.1. The number of hydrogen-bond donors (Lipinski definition) is 2. The molecule has 3 rings (SSSR count). The molecule has 2 aromatic carbocycles. The number of nitrogens with one attached hydrogen (secondary N) is 2. The molecule has 0 aliphatic carbocycles. The minimum atomic E-state index is -0.421. The SMILES string of the molecule is O=C(CSc1nnc(NC(=O)c2ccc(Br)cc2)s1)Nc1cccc(F)c1. The van der Waals surface area contributed by atoms with E-state index in [1.807, 2.05) is 0 Å². The third-order valence-corrected chi connectivity index (χ3v) is 5.67. The fourth-order valence-electron chi connectivity index (χ4n) is 1.98. The van der Waals surface area contributed by atoms with Gasteiger partial charge in [-0.25, -0.2) is 4.39 Å². The second kappa shape index (κ2) is 9.07. The van der Waals surface area contributed by atoms with Crippen molar-refractivity contribution < 1.29 is 14.0 Å². The number of benzene rings is 2. The zero-order chi connectivity index (χ0) is 19.2. The standard InChI is InChI=1S/C17H12BrFN4O2S2/c18-11-6-4-10(5-7-11)15(25)21-16-22-23-17(27-16)26-9-14(24)20-13-3-1-2-12(19)8-13/h1-8H,9H2,(H,20,24)(H,21,22,25). The smallest absolute Gasteiger partial charge is 0.257 e. The fourth-order valence-corrected chi connectivity index (χ4v) is 3.79. The maximum absolute atomic E-state index is 13.1. The highest BCUT2D eigenvalue weighted by Crippen LogP contribution is 2.26. The first-order valence-electron chi connectivity index (χ1n) is 7.58. The van der Waals surface area contributed by atoms with Crippen LogP contribution in [0.3, 0.4) is 0 Å². The lowest BCUT2D eigenvalue weighted by molar-refractivity contribution is -0.113. The predicted octanol–water partition coefficient (Wildman–Crippen LogP) is 4.42. The van der Waals surface area contributed by atoms with Crippen LogP contribution in [0.2, 0.25) is 0 Å². The van der Waals surface area contributed by atoms with Crippen molar-refractivity contribution in [3.63, 3.8) is 0 Å². The van der Waals surface area contributed by atoms with Gasteiger partial charge >= 0.3 is 0 Å². The van der Waals surface area contributed by atoms with E-state index in [0.29, 0.717) is 20.7 Å². The Kier molecular flexibility index (Phi) is 6.54. The summed E-state index contributed by atoms with van der Waals surface area (Å²) in [7, 11) is 0. The molecule has 0 saturated carbocycles. The van der Waals surface area contributed by atoms with E-state index in [1.54, 1.807) is 30.3 Å². The second-order valence-electron chi connectivity index (χ2n) is 5.18. The molecule has 3 aromatic rings. The van der Waals surface area contributed by atoms with E-state index in [1.165, 1.54) is 41.3 Å². The van der Waals surface area contributed by atoms with Gasteiger partial charge in [-0.05, 0) is 42.5 Å². The van der Waals surface area contributed by atoms with Crippen LogP contribution in [-0.4, -0.2) is 27.8 Å². The van der Waals surface area contributed by atoms with E-state index in [0.717, 1.165) is 4.47 Å². The number of carbonyl (C=O) groups is 2. The molecule has 0 saturated heterocycles. The van der Waals surface area contributed by atoms with Crippen LogP contribution in [0.5, 0.6) is 0 Å². The molecule has 0 bridgehead atoms. The van der Waals surface area contributed by atoms with Crippen molar-refractivity contribution in [2.45, 2.75) is 4.34 Å². The molecule has 6 nitrogen and oxygen atoms in total. The average Bonchev–Trinajstić information content (AvgIpc) is 3.08. The number of aromatic nitrogens is 2. The molecule has 0 spiro atoms. The summed E-state index contributed by atoms with van der Waals surface area (Å²) in [6.07, 6.45) is 0. The van der Waals surface area contributed by atoms with E-state index in [-0.39, 0.29) is 17.6 Å². The van der Waals surface area contributed by atoms with E-state index in [2.05, 4.69) is 36.8 Å². The highest BCUT2D eigenvalue weighted by molar-refractivity contribution is 9.10. The first-order valence-corrected chi connectivity index (χ1v) is 10.2. The van der Waals surface area contributed by atoms with Gasteiger partial charge < -0.3 is 5.32 Å². The van der Waals surface area contributed by atoms with Crippen LogP contribution in [0, 0.1) is 5.82 Å². The molecule has 27 heavy (non-hydrogen) atoms. The molecule has 0 atom stereocenters. The van der Waals surface area contributed by atoms with Gasteiger partial charge in [-0.15, -0.1) is 10.2 Å². The molecule has 0 unspecified atom stereocenters. The third-order valence-electron chi connectivity index (χ3n) is 3.17. The van der Waals surface area contributed by atoms with Crippen molar-refractivity contribution in [2.24, 2.45) is 0 Å². The van der Waals surface area contributed by atoms with Crippen LogP contribution < -0.4 is 10.6 Å². The van der Waals surface area contributed by atoms with E-state index < -0.39 is 5.82 Å². The molecule has 1 aromatic heterocycles. The molecular formula is C17H12BrFN4O2S2. The monoisotopic (exact) mass is 466 g/mol. The molecule has 0 fully saturated rings. The second-order valence-corrected chi connectivity index (χ2v) is 8.30. The highest BCUT2D eigenvalue weighted by Gasteiger charge is 2.12. The first kappa shape index (κ1) is 19.5. The summed E-state index contributed by atoms with van der Waals surface area (Å²) >= 11 is 5.66. The molecule has 2 amide bonds. The maximum Gasteiger partial charge on any atom is 0.257 e. The Balaban J connectivity index is 1.51. The lowest BCUT2D eigenvalue weighted by Crippen LogP contribution is -2.13. The third kappa shape index (κ3) is 5.84. The average molecular weight is 467 g/mol. The topological polar surface area (TPSA) is 84.0 Å². The lowest BCUT2D eigenvalue weighted by Gasteiger charge is -2.03. The number of halogens is 2. The summed E-state index contributed by atoms with van der Waals surface area (Å²) in [6.45, 7) is 0. The minimum absolute atomic E-state index is 0.0891. The molecule has 1 heterocycles. The van der Waals surface area contributed by atoms with E-state index >= 15 is 0 Å². The van der Waals surface area contributed by atoms with Gasteiger partial charge in [-0.3, -0.25) is 14.9 Å². The fraction of sp³-hybridized carbons (Fsp3) is 0.0588. The predicted molar refractivity (Wildman–Crippen MR) is 108 cm³/mol. The van der Waals surface area contributed by atoms with Gasteiger partial charge in [0.15, 0.2) is 4.34 Å². The van der Waals surface area contributed by atoms with Gasteiger partial charge in [0.1, 0.15) is 5.82 Å². The Morgan fingerprint density at radius 2 is 1.89 bits per heavy atom. The molecular weight excluding hydrogens is 455 g/mol. The van der Waals surface area contributed by atoms with E-state index in [4.69, 9.17) is 0 Å². The van der Waals surface area contributed by atoms with Crippen molar-refractivity contribution in [1.29, 1.82) is 0 Å². The number of amides is 2. The lowest BCUT2D eigenvalue weighted by atomic mass is 10.2. The van der Waals surface area contributed by atoms with Gasteiger partial charge in [0.2, 0.25) is 11.0 Å². The summed E-state index contributed by atoms with van der Waals surface area (Å²) in [5.41, 5.74) is 0.886. The molecule has 2 N–H and O–H groups in total. The molecule has 0 radical (unpaired) electrons. The normalized spacial score (nSPS) is 10.4. The summed E-state index contributed by atoms with van der Waals surface area (Å²) in [4.78, 5) is 24.1. The quantitative estimate of drug-likeness (QED) is 0.414. The molecule has 10 heteroatoms. The number of thioether (sulfide) groups is 1. The number of carbonyl (C=O) groups excluding carboxylic acids is 2. The van der Waals surface area contributed by atoms with Crippen LogP contribution in [0.1, 0.15) is 10.4 Å². The van der Waals surface area contributed by atoms with Gasteiger partial charge in [0, 0.05) is 15.7 Å². The zero-order valence-corrected chi connectivity index (χ0v) is 16.8. The Morgan fingerprint density at radius 1 is 1.11 bits per heavy atom. The number of rotatable bonds is 6. The van der Waals surface area contributed by atoms with Crippen LogP contribution in [-0.2, 0) is 4.79 Å². The van der Waals surface area contributed by atoms with Gasteiger partial charge in [-0.2, -0.15) is 0 Å². The van der Waals surface area contributed by atoms with Gasteiger partial charge in [-0.1, -0.05) is 45.1 Å². The summed E-state index contributed by atoms with van der Waals surface area (Å²) in [6, 6.07) is 12.6. The molecule has 138 valence electrons. The zero-order valence-electron chi connectivity index (χ0n) is 13.6. The largest absolute Gasteiger partial charge is 0.325 e. The Hall–Kier alpha value is -2.30. The Bertz CT molecular complexity index is 966. The van der Waals surface area contributed by atoms with Crippen LogP contribution in [0.15, 0.2) is 57.3 Å². The minimum Gasteiger partial charge on any atom is -0.325 e. The van der Waals surface area contributed by atoms with Crippen LogP contribution in [0.25, 0.3) is 0 Å². The van der Waals surface area contributed by atoms with Crippen LogP contribution in [0.4, 0.5) is 15.2 Å². The van der Waals surface area contributed by atoms with Crippen molar-refractivity contribution in [2.75, 3.05) is 16.4 Å². The van der Waals surface area contributed by atoms with Crippen molar-refractivity contribution in [3.05, 3.63) is 64.4 Å². The van der Waals surface area contributed by atoms with Crippen molar-refractivity contribution in [1.82, 2.24) is 10.2 Å². The molecule has 0 aliphatic rings. The van der Waals surface area contributed by atoms with E-state index in [9.17, 15) is 14.0 Å².